The van der Waals surface area contributed by atoms with Crippen LogP contribution in [0.4, 0.5) is 28.9 Å². The lowest BCUT2D eigenvalue weighted by molar-refractivity contribution is -0.112. The molecule has 0 atom stereocenters. The topological polar surface area (TPSA) is 74.2 Å². The number of carbonyl (C=O) groups is 1. The summed E-state index contributed by atoms with van der Waals surface area (Å²) in [7, 11) is 0. The highest BCUT2D eigenvalue weighted by molar-refractivity contribution is 6.24. The SMILES string of the molecule is CC/C(Nc1ccc(OC(F)F)c(-c2ccccc2)c1)=C(/C(C)=N)C(=O)Nc1cccc(C(C)(F)F)c1. The number of carbonyl (C=O) groups excluding carboxylic acids is 1. The van der Waals surface area contributed by atoms with Gasteiger partial charge in [-0.15, -0.1) is 0 Å². The summed E-state index contributed by atoms with van der Waals surface area (Å²) in [6.45, 7) is 0.983. The summed E-state index contributed by atoms with van der Waals surface area (Å²) in [6.07, 6.45) is 0.321. The van der Waals surface area contributed by atoms with E-state index in [1.807, 2.05) is 0 Å². The number of benzene rings is 3. The number of allylic oxidation sites excluding steroid dienone is 1. The third kappa shape index (κ3) is 7.19. The van der Waals surface area contributed by atoms with Gasteiger partial charge in [0.25, 0.3) is 11.8 Å². The van der Waals surface area contributed by atoms with Crippen LogP contribution in [0.2, 0.25) is 0 Å². The average Bonchev–Trinajstić information content (AvgIpc) is 2.84. The normalized spacial score (nSPS) is 12.1. The number of anilines is 2. The molecule has 1 amide bonds. The molecule has 0 fully saturated rings. The minimum Gasteiger partial charge on any atom is -0.434 e. The number of hydrogen-bond donors (Lipinski definition) is 3. The van der Waals surface area contributed by atoms with E-state index in [4.69, 9.17) is 5.41 Å². The Hall–Kier alpha value is -4.14. The Morgan fingerprint density at radius 2 is 1.65 bits per heavy atom. The summed E-state index contributed by atoms with van der Waals surface area (Å²) < 4.78 is 58.1. The van der Waals surface area contributed by atoms with Gasteiger partial charge in [0.15, 0.2) is 0 Å². The van der Waals surface area contributed by atoms with Gasteiger partial charge in [-0.3, -0.25) is 4.79 Å². The van der Waals surface area contributed by atoms with E-state index in [9.17, 15) is 22.4 Å². The minimum atomic E-state index is -3.08. The van der Waals surface area contributed by atoms with Crippen molar-refractivity contribution in [1.82, 2.24) is 0 Å². The van der Waals surface area contributed by atoms with Crippen LogP contribution in [0.3, 0.4) is 0 Å². The van der Waals surface area contributed by atoms with Gasteiger partial charge in [0.2, 0.25) is 0 Å². The Labute approximate surface area is 212 Å². The first-order chi connectivity index (χ1) is 17.5. The van der Waals surface area contributed by atoms with E-state index < -0.39 is 18.4 Å². The number of alkyl halides is 4. The highest BCUT2D eigenvalue weighted by Gasteiger charge is 2.25. The van der Waals surface area contributed by atoms with E-state index in [0.29, 0.717) is 28.9 Å². The van der Waals surface area contributed by atoms with Crippen molar-refractivity contribution in [3.05, 3.63) is 89.6 Å². The van der Waals surface area contributed by atoms with Crippen LogP contribution in [-0.4, -0.2) is 18.2 Å². The molecule has 3 N–H and O–H groups in total. The predicted molar refractivity (Wildman–Crippen MR) is 137 cm³/mol. The Balaban J connectivity index is 1.97. The number of rotatable bonds is 10. The van der Waals surface area contributed by atoms with Gasteiger partial charge in [-0.05, 0) is 49.2 Å². The summed E-state index contributed by atoms with van der Waals surface area (Å²) in [6, 6.07) is 18.7. The Morgan fingerprint density at radius 1 is 0.973 bits per heavy atom. The third-order valence-corrected chi connectivity index (χ3v) is 5.46. The second-order valence-corrected chi connectivity index (χ2v) is 8.34. The number of nitrogens with one attached hydrogen (secondary N) is 3. The molecule has 0 saturated carbocycles. The number of ether oxygens (including phenoxy) is 1. The van der Waals surface area contributed by atoms with Crippen LogP contribution in [0.5, 0.6) is 5.75 Å². The van der Waals surface area contributed by atoms with Gasteiger partial charge in [-0.2, -0.15) is 8.78 Å². The van der Waals surface area contributed by atoms with Crippen molar-refractivity contribution in [3.63, 3.8) is 0 Å². The maximum atomic E-state index is 13.7. The highest BCUT2D eigenvalue weighted by atomic mass is 19.3. The second-order valence-electron chi connectivity index (χ2n) is 8.34. The molecule has 0 heterocycles. The van der Waals surface area contributed by atoms with E-state index in [-0.39, 0.29) is 28.3 Å². The lowest BCUT2D eigenvalue weighted by Gasteiger charge is -2.18. The number of halogens is 4. The smallest absolute Gasteiger partial charge is 0.387 e. The van der Waals surface area contributed by atoms with Gasteiger partial charge in [0, 0.05) is 40.8 Å². The van der Waals surface area contributed by atoms with Gasteiger partial charge in [0.05, 0.1) is 5.57 Å². The van der Waals surface area contributed by atoms with Gasteiger partial charge in [-0.25, -0.2) is 8.78 Å². The Bertz CT molecular complexity index is 1300. The summed E-state index contributed by atoms with van der Waals surface area (Å²) in [5, 5.41) is 13.9. The van der Waals surface area contributed by atoms with E-state index in [2.05, 4.69) is 15.4 Å². The van der Waals surface area contributed by atoms with Crippen molar-refractivity contribution < 1.29 is 27.1 Å². The van der Waals surface area contributed by atoms with Crippen molar-refractivity contribution in [2.24, 2.45) is 0 Å². The van der Waals surface area contributed by atoms with Gasteiger partial charge >= 0.3 is 6.61 Å². The maximum absolute atomic E-state index is 13.7. The molecule has 0 bridgehead atoms. The molecule has 3 rings (SSSR count). The van der Waals surface area contributed by atoms with E-state index in [0.717, 1.165) is 6.92 Å². The fourth-order valence-electron chi connectivity index (χ4n) is 3.75. The second kappa shape index (κ2) is 11.7. The summed E-state index contributed by atoms with van der Waals surface area (Å²) >= 11 is 0. The van der Waals surface area contributed by atoms with Crippen molar-refractivity contribution in [2.45, 2.75) is 39.7 Å². The third-order valence-electron chi connectivity index (χ3n) is 5.46. The van der Waals surface area contributed by atoms with E-state index in [1.165, 1.54) is 43.3 Å². The molecule has 5 nitrogen and oxygen atoms in total. The molecule has 0 aliphatic carbocycles. The summed E-state index contributed by atoms with van der Waals surface area (Å²) in [5.41, 5.74) is 1.84. The fourth-order valence-corrected chi connectivity index (χ4v) is 3.75. The largest absolute Gasteiger partial charge is 0.434 e. The van der Waals surface area contributed by atoms with Crippen LogP contribution in [0, 0.1) is 5.41 Å². The molecule has 0 saturated heterocycles. The first kappa shape index (κ1) is 27.4. The van der Waals surface area contributed by atoms with Crippen molar-refractivity contribution in [3.8, 4) is 16.9 Å². The molecular weight excluding hydrogens is 486 g/mol. The molecule has 0 aliphatic heterocycles. The monoisotopic (exact) mass is 513 g/mol. The maximum Gasteiger partial charge on any atom is 0.387 e. The Morgan fingerprint density at radius 3 is 2.24 bits per heavy atom. The first-order valence-corrected chi connectivity index (χ1v) is 11.5. The molecular formula is C28H27F4N3O2. The van der Waals surface area contributed by atoms with Crippen molar-refractivity contribution in [1.29, 1.82) is 5.41 Å². The molecule has 0 aromatic heterocycles. The zero-order valence-corrected chi connectivity index (χ0v) is 20.5. The molecule has 9 heteroatoms. The average molecular weight is 514 g/mol. The molecule has 37 heavy (non-hydrogen) atoms. The fraction of sp³-hybridized carbons (Fsp3) is 0.214. The predicted octanol–water partition coefficient (Wildman–Crippen LogP) is 7.82. The first-order valence-electron chi connectivity index (χ1n) is 11.5. The summed E-state index contributed by atoms with van der Waals surface area (Å²) in [4.78, 5) is 13.1. The number of hydrogen-bond acceptors (Lipinski definition) is 4. The van der Waals surface area contributed by atoms with Crippen LogP contribution in [0.25, 0.3) is 11.1 Å². The van der Waals surface area contributed by atoms with Crippen LogP contribution >= 0.6 is 0 Å². The van der Waals surface area contributed by atoms with E-state index in [1.54, 1.807) is 43.3 Å². The van der Waals surface area contributed by atoms with E-state index >= 15 is 0 Å². The number of amides is 1. The Kier molecular flexibility index (Phi) is 8.70. The van der Waals surface area contributed by atoms with Crippen LogP contribution in [0.1, 0.15) is 32.8 Å². The quantitative estimate of drug-likeness (QED) is 0.147. The molecule has 0 spiro atoms. The van der Waals surface area contributed by atoms with Crippen LogP contribution < -0.4 is 15.4 Å². The van der Waals surface area contributed by atoms with Gasteiger partial charge in [-0.1, -0.05) is 49.4 Å². The van der Waals surface area contributed by atoms with Crippen molar-refractivity contribution >= 4 is 23.0 Å². The molecule has 0 radical (unpaired) electrons. The van der Waals surface area contributed by atoms with Gasteiger partial charge in [0.1, 0.15) is 5.75 Å². The highest BCUT2D eigenvalue weighted by Crippen LogP contribution is 2.34. The molecule has 3 aromatic carbocycles. The molecule has 0 unspecified atom stereocenters. The van der Waals surface area contributed by atoms with Crippen molar-refractivity contribution in [2.75, 3.05) is 10.6 Å². The lowest BCUT2D eigenvalue weighted by atomic mass is 10.0. The van der Waals surface area contributed by atoms with Crippen LogP contribution in [-0.2, 0) is 10.7 Å². The lowest BCUT2D eigenvalue weighted by Crippen LogP contribution is -2.23. The van der Waals surface area contributed by atoms with Gasteiger partial charge < -0.3 is 20.8 Å². The van der Waals surface area contributed by atoms with Crippen LogP contribution in [0.15, 0.2) is 84.1 Å². The molecule has 3 aromatic rings. The molecule has 194 valence electrons. The minimum absolute atomic E-state index is 0.0115. The zero-order valence-electron chi connectivity index (χ0n) is 20.5. The molecule has 0 aliphatic rings. The summed E-state index contributed by atoms with van der Waals surface area (Å²) in [5.74, 6) is -3.74. The standard InChI is InChI=1S/C28H27F4N3O2/c1-4-23(25(17(2)33)26(36)35-20-12-8-11-19(15-20)28(3,31)32)34-21-13-14-24(37-27(29)30)22(16-21)18-9-6-5-7-10-18/h5-16,27,33-34H,4H2,1-3H3,(H,35,36)/b25-23+,33-17?. The zero-order chi connectivity index (χ0) is 27.2.